The van der Waals surface area contributed by atoms with Crippen LogP contribution in [-0.2, 0) is 16.1 Å². The van der Waals surface area contributed by atoms with Crippen LogP contribution in [0.5, 0.6) is 0 Å². The Bertz CT molecular complexity index is 387. The smallest absolute Gasteiger partial charge is 0.434 e. The van der Waals surface area contributed by atoms with E-state index in [0.717, 1.165) is 24.8 Å². The van der Waals surface area contributed by atoms with Gasteiger partial charge in [-0.3, -0.25) is 0 Å². The molecule has 0 fully saturated rings. The van der Waals surface area contributed by atoms with E-state index in [1.807, 2.05) is 36.4 Å². The molecule has 0 saturated heterocycles. The molecular weight excluding hydrogens is 264 g/mol. The number of unbranched alkanes of at least 4 members (excludes halogenated alkanes) is 6. The van der Waals surface area contributed by atoms with Crippen molar-refractivity contribution in [2.75, 3.05) is 6.61 Å². The molecule has 0 aromatic heterocycles. The summed E-state index contributed by atoms with van der Waals surface area (Å²) in [6.07, 6.45) is 9.42. The molecule has 0 aliphatic carbocycles. The summed E-state index contributed by atoms with van der Waals surface area (Å²) in [7, 11) is 0. The lowest BCUT2D eigenvalue weighted by Crippen LogP contribution is -2.08. The first-order valence-electron chi connectivity index (χ1n) is 7.77. The number of benzene rings is 1. The molecule has 116 valence electrons. The van der Waals surface area contributed by atoms with E-state index in [9.17, 15) is 4.79 Å². The van der Waals surface area contributed by atoms with Gasteiger partial charge in [0.05, 0.1) is 6.61 Å². The number of hydrogen-bond acceptors (Lipinski definition) is 3. The van der Waals surface area contributed by atoms with Gasteiger partial charge in [0.15, 0.2) is 0 Å². The van der Waals surface area contributed by atoms with Gasteiger partial charge in [-0.05, 0) is 24.8 Å². The van der Waals surface area contributed by atoms with Gasteiger partial charge < -0.3 is 9.47 Å². The maximum Gasteiger partial charge on any atom is 0.508 e. The summed E-state index contributed by atoms with van der Waals surface area (Å²) >= 11 is 0. The van der Waals surface area contributed by atoms with Gasteiger partial charge in [-0.2, -0.15) is 0 Å². The predicted molar refractivity (Wildman–Crippen MR) is 85.1 cm³/mol. The average molecular weight is 290 g/mol. The van der Waals surface area contributed by atoms with Crippen molar-refractivity contribution in [2.45, 2.75) is 51.6 Å². The first-order chi connectivity index (χ1) is 10.3. The minimum Gasteiger partial charge on any atom is -0.434 e. The van der Waals surface area contributed by atoms with E-state index in [2.05, 4.69) is 6.58 Å². The summed E-state index contributed by atoms with van der Waals surface area (Å²) in [5.41, 5.74) is 0.967. The predicted octanol–water partition coefficient (Wildman–Crippen LogP) is 5.26. The highest BCUT2D eigenvalue weighted by Crippen LogP contribution is 2.08. The summed E-state index contributed by atoms with van der Waals surface area (Å²) < 4.78 is 10.1. The highest BCUT2D eigenvalue weighted by atomic mass is 16.7. The van der Waals surface area contributed by atoms with Crippen molar-refractivity contribution in [3.05, 3.63) is 48.6 Å². The van der Waals surface area contributed by atoms with Crippen LogP contribution in [0.25, 0.3) is 0 Å². The van der Waals surface area contributed by atoms with E-state index in [1.54, 1.807) is 0 Å². The van der Waals surface area contributed by atoms with Crippen LogP contribution in [0.1, 0.15) is 50.5 Å². The van der Waals surface area contributed by atoms with Crippen LogP contribution in [0, 0.1) is 0 Å². The summed E-state index contributed by atoms with van der Waals surface area (Å²) in [6, 6.07) is 9.59. The van der Waals surface area contributed by atoms with E-state index in [1.165, 1.54) is 25.7 Å². The minimum atomic E-state index is -0.579. The normalized spacial score (nSPS) is 10.1. The van der Waals surface area contributed by atoms with Crippen molar-refractivity contribution >= 4 is 6.16 Å². The maximum atomic E-state index is 11.4. The fourth-order valence-electron chi connectivity index (χ4n) is 2.01. The zero-order chi connectivity index (χ0) is 15.2. The molecule has 0 spiro atoms. The Hall–Kier alpha value is -1.77. The van der Waals surface area contributed by atoms with Crippen LogP contribution in [0.3, 0.4) is 0 Å². The van der Waals surface area contributed by atoms with Gasteiger partial charge in [-0.25, -0.2) is 4.79 Å². The van der Waals surface area contributed by atoms with Crippen LogP contribution in [0.4, 0.5) is 4.79 Å². The molecule has 0 radical (unpaired) electrons. The topological polar surface area (TPSA) is 35.5 Å². The van der Waals surface area contributed by atoms with Crippen LogP contribution in [-0.4, -0.2) is 12.8 Å². The number of rotatable bonds is 11. The van der Waals surface area contributed by atoms with Gasteiger partial charge in [0, 0.05) is 0 Å². The molecule has 0 atom stereocenters. The van der Waals surface area contributed by atoms with E-state index >= 15 is 0 Å². The summed E-state index contributed by atoms with van der Waals surface area (Å²) in [5, 5.41) is 0. The van der Waals surface area contributed by atoms with Crippen molar-refractivity contribution in [3.63, 3.8) is 0 Å². The lowest BCUT2D eigenvalue weighted by molar-refractivity contribution is 0.0487. The largest absolute Gasteiger partial charge is 0.508 e. The lowest BCUT2D eigenvalue weighted by Gasteiger charge is -2.06. The highest BCUT2D eigenvalue weighted by molar-refractivity contribution is 5.59. The first-order valence-corrected chi connectivity index (χ1v) is 7.77. The molecule has 3 heteroatoms. The Labute approximate surface area is 128 Å². The van der Waals surface area contributed by atoms with Gasteiger partial charge in [0.2, 0.25) is 0 Å². The summed E-state index contributed by atoms with van der Waals surface area (Å²) in [5.74, 6) is 0. The summed E-state index contributed by atoms with van der Waals surface area (Å²) in [4.78, 5) is 11.4. The van der Waals surface area contributed by atoms with Gasteiger partial charge in [0.25, 0.3) is 0 Å². The molecule has 0 aliphatic rings. The molecule has 0 unspecified atom stereocenters. The van der Waals surface area contributed by atoms with E-state index < -0.39 is 6.16 Å². The summed E-state index contributed by atoms with van der Waals surface area (Å²) in [6.45, 7) is 4.42. The molecule has 1 rings (SSSR count). The Balaban J connectivity index is 1.90. The van der Waals surface area contributed by atoms with Crippen molar-refractivity contribution in [1.29, 1.82) is 0 Å². The molecule has 0 amide bonds. The fraction of sp³-hybridized carbons (Fsp3) is 0.500. The minimum absolute atomic E-state index is 0.267. The van der Waals surface area contributed by atoms with Crippen LogP contribution in [0.2, 0.25) is 0 Å². The molecular formula is C18H26O3. The van der Waals surface area contributed by atoms with Crippen molar-refractivity contribution in [3.8, 4) is 0 Å². The monoisotopic (exact) mass is 290 g/mol. The number of allylic oxidation sites excluding steroid dienone is 1. The molecule has 21 heavy (non-hydrogen) atoms. The average Bonchev–Trinajstić information content (AvgIpc) is 2.52. The van der Waals surface area contributed by atoms with Gasteiger partial charge in [-0.1, -0.05) is 62.1 Å². The molecule has 0 saturated carbocycles. The molecule has 0 N–H and O–H groups in total. The SMILES string of the molecule is C=CCCCCCCCCOC(=O)OCc1ccccc1. The second-order valence-corrected chi connectivity index (χ2v) is 5.07. The van der Waals surface area contributed by atoms with E-state index in [-0.39, 0.29) is 6.61 Å². The number of hydrogen-bond donors (Lipinski definition) is 0. The quantitative estimate of drug-likeness (QED) is 0.317. The van der Waals surface area contributed by atoms with Crippen LogP contribution < -0.4 is 0 Å². The van der Waals surface area contributed by atoms with Crippen LogP contribution >= 0.6 is 0 Å². The number of ether oxygens (including phenoxy) is 2. The van der Waals surface area contributed by atoms with Gasteiger partial charge in [0.1, 0.15) is 6.61 Å². The van der Waals surface area contributed by atoms with Gasteiger partial charge in [-0.15, -0.1) is 6.58 Å². The third kappa shape index (κ3) is 9.72. The third-order valence-electron chi connectivity index (χ3n) is 3.22. The Morgan fingerprint density at radius 1 is 0.952 bits per heavy atom. The third-order valence-corrected chi connectivity index (χ3v) is 3.22. The fourth-order valence-corrected chi connectivity index (χ4v) is 2.01. The molecule has 3 nitrogen and oxygen atoms in total. The lowest BCUT2D eigenvalue weighted by atomic mass is 10.1. The maximum absolute atomic E-state index is 11.4. The molecule has 0 bridgehead atoms. The molecule has 1 aromatic carbocycles. The second kappa shape index (κ2) is 12.0. The van der Waals surface area contributed by atoms with Crippen molar-refractivity contribution < 1.29 is 14.3 Å². The number of carbonyl (C=O) groups excluding carboxylic acids is 1. The Morgan fingerprint density at radius 3 is 2.33 bits per heavy atom. The Morgan fingerprint density at radius 2 is 1.62 bits per heavy atom. The zero-order valence-electron chi connectivity index (χ0n) is 12.8. The van der Waals surface area contributed by atoms with E-state index in [4.69, 9.17) is 9.47 Å². The number of carbonyl (C=O) groups is 1. The standard InChI is InChI=1S/C18H26O3/c1-2-3-4-5-6-7-8-12-15-20-18(19)21-16-17-13-10-9-11-14-17/h2,9-11,13-14H,1,3-8,12,15-16H2. The highest BCUT2D eigenvalue weighted by Gasteiger charge is 2.03. The van der Waals surface area contributed by atoms with Gasteiger partial charge >= 0.3 is 6.16 Å². The van der Waals surface area contributed by atoms with Crippen LogP contribution in [0.15, 0.2) is 43.0 Å². The Kier molecular flexibility index (Phi) is 9.88. The zero-order valence-corrected chi connectivity index (χ0v) is 12.8. The first kappa shape index (κ1) is 17.3. The molecule has 0 aliphatic heterocycles. The second-order valence-electron chi connectivity index (χ2n) is 5.07. The van der Waals surface area contributed by atoms with Crippen molar-refractivity contribution in [1.82, 2.24) is 0 Å². The molecule has 1 aromatic rings. The van der Waals surface area contributed by atoms with E-state index in [0.29, 0.717) is 6.61 Å². The van der Waals surface area contributed by atoms with Crippen molar-refractivity contribution in [2.24, 2.45) is 0 Å². The molecule has 0 heterocycles.